The highest BCUT2D eigenvalue weighted by Crippen LogP contribution is 2.40. The van der Waals surface area contributed by atoms with Crippen LogP contribution in [0, 0.1) is 5.82 Å². The number of benzene rings is 1. The van der Waals surface area contributed by atoms with Crippen LogP contribution in [0.1, 0.15) is 45.1 Å². The van der Waals surface area contributed by atoms with Crippen LogP contribution in [0.2, 0.25) is 0 Å². The van der Waals surface area contributed by atoms with E-state index in [1.807, 2.05) is 19.9 Å². The Labute approximate surface area is 136 Å². The Balaban J connectivity index is 1.77. The van der Waals surface area contributed by atoms with Crippen LogP contribution in [-0.2, 0) is 4.79 Å². The molecule has 4 atom stereocenters. The van der Waals surface area contributed by atoms with Gasteiger partial charge in [0.2, 0.25) is 5.91 Å². The number of carbonyl (C=O) groups is 2. The summed E-state index contributed by atoms with van der Waals surface area (Å²) in [6, 6.07) is 5.51. The van der Waals surface area contributed by atoms with E-state index in [2.05, 4.69) is 16.0 Å². The zero-order chi connectivity index (χ0) is 17.0. The van der Waals surface area contributed by atoms with Crippen molar-refractivity contribution in [1.82, 2.24) is 16.0 Å². The maximum Gasteiger partial charge on any atom is 0.315 e. The third-order valence-corrected chi connectivity index (χ3v) is 4.13. The zero-order valence-electron chi connectivity index (χ0n) is 13.7. The smallest absolute Gasteiger partial charge is 0.315 e. The second-order valence-electron chi connectivity index (χ2n) is 6.16. The molecule has 0 saturated heterocycles. The van der Waals surface area contributed by atoms with Gasteiger partial charge in [-0.05, 0) is 44.4 Å². The van der Waals surface area contributed by atoms with E-state index in [4.69, 9.17) is 0 Å². The number of halogens is 1. The molecule has 3 N–H and O–H groups in total. The Morgan fingerprint density at radius 1 is 1.30 bits per heavy atom. The minimum Gasteiger partial charge on any atom is -0.352 e. The van der Waals surface area contributed by atoms with Crippen molar-refractivity contribution in [3.8, 4) is 0 Å². The number of hydrogen-bond acceptors (Lipinski definition) is 2. The largest absolute Gasteiger partial charge is 0.352 e. The lowest BCUT2D eigenvalue weighted by molar-refractivity contribution is -0.123. The third kappa shape index (κ3) is 4.94. The molecule has 0 bridgehead atoms. The molecule has 0 radical (unpaired) electrons. The van der Waals surface area contributed by atoms with Crippen molar-refractivity contribution < 1.29 is 14.0 Å². The summed E-state index contributed by atoms with van der Waals surface area (Å²) >= 11 is 0. The van der Waals surface area contributed by atoms with Gasteiger partial charge < -0.3 is 16.0 Å². The molecule has 0 spiro atoms. The fourth-order valence-electron chi connectivity index (χ4n) is 2.40. The molecule has 6 heteroatoms. The van der Waals surface area contributed by atoms with E-state index in [0.717, 1.165) is 18.4 Å². The van der Waals surface area contributed by atoms with Crippen molar-refractivity contribution in [3.05, 3.63) is 35.6 Å². The van der Waals surface area contributed by atoms with Crippen LogP contribution in [0.25, 0.3) is 0 Å². The minimum absolute atomic E-state index is 0.0124. The molecule has 2 rings (SSSR count). The molecule has 1 aliphatic carbocycles. The molecule has 0 heterocycles. The number of hydrogen-bond donors (Lipinski definition) is 3. The number of amides is 3. The van der Waals surface area contributed by atoms with Crippen LogP contribution >= 0.6 is 0 Å². The first-order valence-corrected chi connectivity index (χ1v) is 8.03. The van der Waals surface area contributed by atoms with Crippen molar-refractivity contribution in [1.29, 1.82) is 0 Å². The molecule has 1 aromatic rings. The fraction of sp³-hybridized carbons (Fsp3) is 0.529. The van der Waals surface area contributed by atoms with Crippen LogP contribution in [0.3, 0.4) is 0 Å². The topological polar surface area (TPSA) is 70.2 Å². The van der Waals surface area contributed by atoms with E-state index in [1.54, 1.807) is 13.0 Å². The van der Waals surface area contributed by atoms with Crippen LogP contribution in [-0.4, -0.2) is 30.1 Å². The van der Waals surface area contributed by atoms with Crippen molar-refractivity contribution in [2.45, 2.75) is 57.7 Å². The van der Waals surface area contributed by atoms with Gasteiger partial charge in [0, 0.05) is 18.0 Å². The van der Waals surface area contributed by atoms with E-state index in [0.29, 0.717) is 0 Å². The van der Waals surface area contributed by atoms with Crippen molar-refractivity contribution in [2.75, 3.05) is 0 Å². The first-order chi connectivity index (χ1) is 10.9. The minimum atomic E-state index is -0.602. The number of nitrogens with one attached hydrogen (secondary N) is 3. The molecule has 4 unspecified atom stereocenters. The summed E-state index contributed by atoms with van der Waals surface area (Å²) < 4.78 is 13.2. The molecule has 1 fully saturated rings. The van der Waals surface area contributed by atoms with Gasteiger partial charge in [-0.1, -0.05) is 19.1 Å². The molecule has 5 nitrogen and oxygen atoms in total. The maximum absolute atomic E-state index is 13.2. The molecule has 0 aliphatic heterocycles. The molecule has 0 aromatic heterocycles. The number of rotatable bonds is 6. The average molecular weight is 321 g/mol. The SMILES string of the molecule is CCC(C)NC(=O)C(C)NC(=O)NC1CC1c1cccc(F)c1. The van der Waals surface area contributed by atoms with Crippen molar-refractivity contribution in [2.24, 2.45) is 0 Å². The average Bonchev–Trinajstić information content (AvgIpc) is 3.25. The lowest BCUT2D eigenvalue weighted by Crippen LogP contribution is -2.50. The highest BCUT2D eigenvalue weighted by Gasteiger charge is 2.39. The monoisotopic (exact) mass is 321 g/mol. The van der Waals surface area contributed by atoms with Crippen molar-refractivity contribution >= 4 is 11.9 Å². The summed E-state index contributed by atoms with van der Waals surface area (Å²) in [5, 5.41) is 8.27. The molecular weight excluding hydrogens is 297 g/mol. The van der Waals surface area contributed by atoms with Crippen LogP contribution < -0.4 is 16.0 Å². The van der Waals surface area contributed by atoms with Crippen LogP contribution in [0.5, 0.6) is 0 Å². The van der Waals surface area contributed by atoms with Crippen molar-refractivity contribution in [3.63, 3.8) is 0 Å². The first-order valence-electron chi connectivity index (χ1n) is 8.03. The normalized spacial score (nSPS) is 21.9. The Bertz CT molecular complexity index is 579. The van der Waals surface area contributed by atoms with E-state index >= 15 is 0 Å². The van der Waals surface area contributed by atoms with Gasteiger partial charge in [0.25, 0.3) is 0 Å². The second-order valence-corrected chi connectivity index (χ2v) is 6.16. The zero-order valence-corrected chi connectivity index (χ0v) is 13.7. The quantitative estimate of drug-likeness (QED) is 0.752. The molecule has 126 valence electrons. The van der Waals surface area contributed by atoms with Gasteiger partial charge in [-0.3, -0.25) is 4.79 Å². The second kappa shape index (κ2) is 7.44. The number of carbonyl (C=O) groups excluding carboxylic acids is 2. The van der Waals surface area contributed by atoms with E-state index in [9.17, 15) is 14.0 Å². The molecular formula is C17H24FN3O2. The van der Waals surface area contributed by atoms with E-state index in [-0.39, 0.29) is 35.8 Å². The third-order valence-electron chi connectivity index (χ3n) is 4.13. The van der Waals surface area contributed by atoms with Gasteiger partial charge >= 0.3 is 6.03 Å². The molecule has 1 aliphatic rings. The summed E-state index contributed by atoms with van der Waals surface area (Å²) in [5.41, 5.74) is 0.887. The molecule has 3 amide bonds. The Kier molecular flexibility index (Phi) is 5.58. The van der Waals surface area contributed by atoms with Crippen LogP contribution in [0.15, 0.2) is 24.3 Å². The standard InChI is InChI=1S/C17H24FN3O2/c1-4-10(2)19-16(22)11(3)20-17(23)21-15-9-14(15)12-6-5-7-13(18)8-12/h5-8,10-11,14-15H,4,9H2,1-3H3,(H,19,22)(H2,20,21,23). The predicted octanol–water partition coefficient (Wildman–Crippen LogP) is 2.28. The summed E-state index contributed by atoms with van der Waals surface area (Å²) in [5.74, 6) is -0.333. The Morgan fingerprint density at radius 2 is 2.04 bits per heavy atom. The Hall–Kier alpha value is -2.11. The molecule has 1 saturated carbocycles. The van der Waals surface area contributed by atoms with Gasteiger partial charge in [0.1, 0.15) is 11.9 Å². The summed E-state index contributed by atoms with van der Waals surface area (Å²) in [7, 11) is 0. The van der Waals surface area contributed by atoms with Gasteiger partial charge in [0.15, 0.2) is 0 Å². The predicted molar refractivity (Wildman–Crippen MR) is 86.6 cm³/mol. The fourth-order valence-corrected chi connectivity index (χ4v) is 2.40. The highest BCUT2D eigenvalue weighted by molar-refractivity contribution is 5.87. The highest BCUT2D eigenvalue weighted by atomic mass is 19.1. The molecule has 1 aromatic carbocycles. The first kappa shape index (κ1) is 17.2. The van der Waals surface area contributed by atoms with E-state index in [1.165, 1.54) is 12.1 Å². The van der Waals surface area contributed by atoms with Gasteiger partial charge in [-0.25, -0.2) is 9.18 Å². The maximum atomic E-state index is 13.2. The van der Waals surface area contributed by atoms with Gasteiger partial charge in [0.05, 0.1) is 0 Å². The van der Waals surface area contributed by atoms with E-state index < -0.39 is 6.04 Å². The Morgan fingerprint density at radius 3 is 2.70 bits per heavy atom. The summed E-state index contributed by atoms with van der Waals surface area (Å²) in [6.07, 6.45) is 1.62. The summed E-state index contributed by atoms with van der Waals surface area (Å²) in [4.78, 5) is 23.8. The summed E-state index contributed by atoms with van der Waals surface area (Å²) in [6.45, 7) is 5.54. The van der Waals surface area contributed by atoms with Crippen LogP contribution in [0.4, 0.5) is 9.18 Å². The van der Waals surface area contributed by atoms with Gasteiger partial charge in [-0.15, -0.1) is 0 Å². The molecule has 23 heavy (non-hydrogen) atoms. The lowest BCUT2D eigenvalue weighted by Gasteiger charge is -2.17. The lowest BCUT2D eigenvalue weighted by atomic mass is 10.1. The van der Waals surface area contributed by atoms with Gasteiger partial charge in [-0.2, -0.15) is 0 Å². The number of urea groups is 1.